The molecule has 1 aromatic carbocycles. The largest absolute Gasteiger partial charge is 0.348 e. The molecule has 0 fully saturated rings. The predicted molar refractivity (Wildman–Crippen MR) is 88.6 cm³/mol. The maximum Gasteiger partial charge on any atom is 0.253 e. The Morgan fingerprint density at radius 2 is 2.00 bits per heavy atom. The summed E-state index contributed by atoms with van der Waals surface area (Å²) in [4.78, 5) is 12.4. The second-order valence-corrected chi connectivity index (χ2v) is 7.55. The number of rotatable bonds is 5. The van der Waals surface area contributed by atoms with Crippen molar-refractivity contribution in [2.24, 2.45) is 0 Å². The zero-order chi connectivity index (χ0) is 16.2. The average Bonchev–Trinajstić information content (AvgIpc) is 2.52. The van der Waals surface area contributed by atoms with Crippen molar-refractivity contribution in [2.75, 3.05) is 24.2 Å². The van der Waals surface area contributed by atoms with Crippen LogP contribution in [0.15, 0.2) is 35.9 Å². The molecule has 120 valence electrons. The highest BCUT2D eigenvalue weighted by Gasteiger charge is 2.19. The summed E-state index contributed by atoms with van der Waals surface area (Å²) in [6, 6.07) is 6.73. The van der Waals surface area contributed by atoms with E-state index in [0.29, 0.717) is 17.8 Å². The summed E-state index contributed by atoms with van der Waals surface area (Å²) in [5.74, 6) is -0.252. The molecule has 0 aromatic heterocycles. The van der Waals surface area contributed by atoms with E-state index in [1.165, 1.54) is 19.0 Å². The highest BCUT2D eigenvalue weighted by atomic mass is 32.2. The summed E-state index contributed by atoms with van der Waals surface area (Å²) in [6.07, 6.45) is 7.76. The minimum atomic E-state index is -3.41. The average molecular weight is 322 g/mol. The van der Waals surface area contributed by atoms with E-state index >= 15 is 0 Å². The van der Waals surface area contributed by atoms with Crippen molar-refractivity contribution in [3.63, 3.8) is 0 Å². The third-order valence-corrected chi connectivity index (χ3v) is 5.04. The summed E-state index contributed by atoms with van der Waals surface area (Å²) >= 11 is 0. The molecule has 0 aliphatic heterocycles. The van der Waals surface area contributed by atoms with Crippen molar-refractivity contribution in [1.82, 2.24) is 5.32 Å². The van der Waals surface area contributed by atoms with Gasteiger partial charge in [-0.1, -0.05) is 23.8 Å². The highest BCUT2D eigenvalue weighted by Crippen LogP contribution is 2.22. The van der Waals surface area contributed by atoms with Crippen molar-refractivity contribution < 1.29 is 13.2 Å². The quantitative estimate of drug-likeness (QED) is 0.846. The Labute approximate surface area is 132 Å². The first kappa shape index (κ1) is 16.5. The molecular formula is C16H22N2O3S. The van der Waals surface area contributed by atoms with Crippen LogP contribution in [0.4, 0.5) is 5.69 Å². The summed E-state index contributed by atoms with van der Waals surface area (Å²) in [5.41, 5.74) is 2.00. The number of benzene rings is 1. The van der Waals surface area contributed by atoms with E-state index in [4.69, 9.17) is 0 Å². The fraction of sp³-hybridized carbons (Fsp3) is 0.438. The van der Waals surface area contributed by atoms with Crippen molar-refractivity contribution in [2.45, 2.75) is 25.7 Å². The Morgan fingerprint density at radius 1 is 1.27 bits per heavy atom. The van der Waals surface area contributed by atoms with Gasteiger partial charge < -0.3 is 5.32 Å². The van der Waals surface area contributed by atoms with Gasteiger partial charge in [0.25, 0.3) is 5.91 Å². The van der Waals surface area contributed by atoms with Crippen molar-refractivity contribution in [3.8, 4) is 0 Å². The lowest BCUT2D eigenvalue weighted by molar-refractivity contribution is 0.0957. The summed E-state index contributed by atoms with van der Waals surface area (Å²) < 4.78 is 24.5. The number of carbonyl (C=O) groups excluding carboxylic acids is 1. The maximum atomic E-state index is 12.4. The van der Waals surface area contributed by atoms with Gasteiger partial charge in [-0.25, -0.2) is 8.42 Å². The van der Waals surface area contributed by atoms with Crippen LogP contribution >= 0.6 is 0 Å². The van der Waals surface area contributed by atoms with Gasteiger partial charge in [0.15, 0.2) is 0 Å². The SMILES string of the molecule is CN(c1ccccc1C(=O)NCC1=CCCCC1)S(C)(=O)=O. The number of allylic oxidation sites excluding steroid dienone is 1. The molecule has 0 unspecified atom stereocenters. The number of para-hydroxylation sites is 1. The smallest absolute Gasteiger partial charge is 0.253 e. The number of sulfonamides is 1. The number of nitrogens with zero attached hydrogens (tertiary/aromatic N) is 1. The van der Waals surface area contributed by atoms with E-state index in [1.807, 2.05) is 0 Å². The van der Waals surface area contributed by atoms with Crippen molar-refractivity contribution in [3.05, 3.63) is 41.5 Å². The Hall–Kier alpha value is -1.82. The van der Waals surface area contributed by atoms with Gasteiger partial charge in [-0.3, -0.25) is 9.10 Å². The first-order valence-electron chi connectivity index (χ1n) is 7.38. The fourth-order valence-electron chi connectivity index (χ4n) is 2.47. The molecule has 5 nitrogen and oxygen atoms in total. The third kappa shape index (κ3) is 4.10. The highest BCUT2D eigenvalue weighted by molar-refractivity contribution is 7.92. The first-order chi connectivity index (χ1) is 10.4. The zero-order valence-corrected chi connectivity index (χ0v) is 13.8. The van der Waals surface area contributed by atoms with Crippen LogP contribution in [0.1, 0.15) is 36.0 Å². The van der Waals surface area contributed by atoms with Crippen LogP contribution < -0.4 is 9.62 Å². The number of nitrogens with one attached hydrogen (secondary N) is 1. The van der Waals surface area contributed by atoms with Crippen LogP contribution in [0.3, 0.4) is 0 Å². The monoisotopic (exact) mass is 322 g/mol. The Balaban J connectivity index is 2.14. The number of anilines is 1. The van der Waals surface area contributed by atoms with E-state index in [0.717, 1.165) is 29.8 Å². The Morgan fingerprint density at radius 3 is 2.64 bits per heavy atom. The van der Waals surface area contributed by atoms with Crippen molar-refractivity contribution >= 4 is 21.6 Å². The van der Waals surface area contributed by atoms with Crippen LogP contribution in [0.5, 0.6) is 0 Å². The molecule has 0 radical (unpaired) electrons. The molecule has 2 rings (SSSR count). The number of amides is 1. The molecule has 1 aliphatic carbocycles. The van der Waals surface area contributed by atoms with Crippen LogP contribution in [0.25, 0.3) is 0 Å². The maximum absolute atomic E-state index is 12.4. The van der Waals surface area contributed by atoms with Gasteiger partial charge in [0.05, 0.1) is 17.5 Å². The Kier molecular flexibility index (Phi) is 5.24. The molecule has 0 saturated carbocycles. The second kappa shape index (κ2) is 6.96. The van der Waals surface area contributed by atoms with Gasteiger partial charge in [-0.05, 0) is 37.8 Å². The predicted octanol–water partition coefficient (Wildman–Crippen LogP) is 2.31. The molecule has 0 heterocycles. The van der Waals surface area contributed by atoms with Crippen LogP contribution in [0, 0.1) is 0 Å². The summed E-state index contributed by atoms with van der Waals surface area (Å²) in [7, 11) is -1.96. The van der Waals surface area contributed by atoms with E-state index in [9.17, 15) is 13.2 Å². The molecule has 1 aliphatic rings. The molecule has 1 N–H and O–H groups in total. The van der Waals surface area contributed by atoms with Crippen LogP contribution in [0.2, 0.25) is 0 Å². The van der Waals surface area contributed by atoms with E-state index in [-0.39, 0.29) is 5.91 Å². The molecule has 0 bridgehead atoms. The lowest BCUT2D eigenvalue weighted by Gasteiger charge is -2.20. The number of hydrogen-bond donors (Lipinski definition) is 1. The second-order valence-electron chi connectivity index (χ2n) is 5.54. The minimum absolute atomic E-state index is 0.252. The molecular weight excluding hydrogens is 300 g/mol. The topological polar surface area (TPSA) is 66.5 Å². The van der Waals surface area contributed by atoms with Gasteiger partial charge >= 0.3 is 0 Å². The van der Waals surface area contributed by atoms with Gasteiger partial charge in [0, 0.05) is 13.6 Å². The molecule has 0 saturated heterocycles. The molecule has 0 atom stereocenters. The van der Waals surface area contributed by atoms with Gasteiger partial charge in [0.1, 0.15) is 0 Å². The molecule has 1 aromatic rings. The van der Waals surface area contributed by atoms with Crippen LogP contribution in [-0.2, 0) is 10.0 Å². The lowest BCUT2D eigenvalue weighted by Crippen LogP contribution is -2.31. The summed E-state index contributed by atoms with van der Waals surface area (Å²) in [6.45, 7) is 0.524. The van der Waals surface area contributed by atoms with Crippen LogP contribution in [-0.4, -0.2) is 34.2 Å². The normalized spacial score (nSPS) is 15.1. The molecule has 6 heteroatoms. The zero-order valence-electron chi connectivity index (χ0n) is 13.0. The van der Waals surface area contributed by atoms with Crippen molar-refractivity contribution in [1.29, 1.82) is 0 Å². The van der Waals surface area contributed by atoms with E-state index in [2.05, 4.69) is 11.4 Å². The number of hydrogen-bond acceptors (Lipinski definition) is 3. The Bertz CT molecular complexity index is 680. The van der Waals surface area contributed by atoms with E-state index < -0.39 is 10.0 Å². The fourth-order valence-corrected chi connectivity index (χ4v) is 2.99. The summed E-state index contributed by atoms with van der Waals surface area (Å²) in [5, 5.41) is 2.89. The molecule has 22 heavy (non-hydrogen) atoms. The van der Waals surface area contributed by atoms with E-state index in [1.54, 1.807) is 24.3 Å². The number of carbonyl (C=O) groups is 1. The van der Waals surface area contributed by atoms with Gasteiger partial charge in [0.2, 0.25) is 10.0 Å². The molecule has 0 spiro atoms. The first-order valence-corrected chi connectivity index (χ1v) is 9.23. The minimum Gasteiger partial charge on any atom is -0.348 e. The lowest BCUT2D eigenvalue weighted by atomic mass is 9.99. The standard InChI is InChI=1S/C16H22N2O3S/c1-18(22(2,20)21)15-11-7-6-10-14(15)16(19)17-12-13-8-4-3-5-9-13/h6-8,10-11H,3-5,9,12H2,1-2H3,(H,17,19). The van der Waals surface area contributed by atoms with Gasteiger partial charge in [-0.15, -0.1) is 0 Å². The molecule has 1 amide bonds. The van der Waals surface area contributed by atoms with Gasteiger partial charge in [-0.2, -0.15) is 0 Å². The third-order valence-electron chi connectivity index (χ3n) is 3.85.